The number of hydrogen-bond acceptors (Lipinski definition) is 4. The van der Waals surface area contributed by atoms with Gasteiger partial charge in [-0.2, -0.15) is 0 Å². The van der Waals surface area contributed by atoms with Gasteiger partial charge >= 0.3 is 0 Å². The molecule has 0 bridgehead atoms. The summed E-state index contributed by atoms with van der Waals surface area (Å²) in [7, 11) is -3.06. The maximum atomic E-state index is 12.1. The number of sulfone groups is 1. The van der Waals surface area contributed by atoms with Crippen LogP contribution in [-0.2, 0) is 14.6 Å². The number of carbonyl (C=O) groups excluding carboxylic acids is 2. The van der Waals surface area contributed by atoms with Crippen molar-refractivity contribution in [2.45, 2.75) is 27.2 Å². The fraction of sp³-hybridized carbons (Fsp3) is 0.467. The molecule has 0 fully saturated rings. The van der Waals surface area contributed by atoms with Crippen LogP contribution in [0.15, 0.2) is 12.1 Å². The van der Waals surface area contributed by atoms with E-state index in [0.29, 0.717) is 17.7 Å². The van der Waals surface area contributed by atoms with Gasteiger partial charge in [-0.25, -0.2) is 8.42 Å². The van der Waals surface area contributed by atoms with Gasteiger partial charge in [0.05, 0.1) is 17.0 Å². The van der Waals surface area contributed by atoms with E-state index in [1.165, 1.54) is 4.90 Å². The van der Waals surface area contributed by atoms with Crippen molar-refractivity contribution in [3.63, 3.8) is 0 Å². The monoisotopic (exact) mass is 309 g/mol. The van der Waals surface area contributed by atoms with E-state index in [9.17, 15) is 18.0 Å². The summed E-state index contributed by atoms with van der Waals surface area (Å²) in [6.07, 6.45) is 0.335. The molecule has 1 aliphatic rings. The van der Waals surface area contributed by atoms with Crippen molar-refractivity contribution in [1.82, 2.24) is 0 Å². The average Bonchev–Trinajstić information content (AvgIpc) is 2.63. The molecule has 1 aromatic rings. The molecule has 0 saturated heterocycles. The van der Waals surface area contributed by atoms with Gasteiger partial charge in [-0.3, -0.25) is 9.59 Å². The highest BCUT2D eigenvalue weighted by Gasteiger charge is 2.36. The molecule has 0 spiro atoms. The maximum absolute atomic E-state index is 12.1. The lowest BCUT2D eigenvalue weighted by Gasteiger charge is -2.17. The van der Waals surface area contributed by atoms with Crippen LogP contribution in [0.4, 0.5) is 5.69 Å². The Hall–Kier alpha value is -1.69. The van der Waals surface area contributed by atoms with Crippen molar-refractivity contribution in [2.75, 3.05) is 23.0 Å². The number of Topliss-reactive ketones (excluding diaryl/α,β-unsaturated/α-hetero) is 1. The Balaban J connectivity index is 2.23. The molecule has 0 unspecified atom stereocenters. The molecule has 1 aliphatic heterocycles. The highest BCUT2D eigenvalue weighted by molar-refractivity contribution is 7.91. The number of hydrogen-bond donors (Lipinski definition) is 0. The molecular weight excluding hydrogens is 290 g/mol. The normalized spacial score (nSPS) is 14.7. The minimum atomic E-state index is -3.06. The third kappa shape index (κ3) is 3.00. The molecule has 21 heavy (non-hydrogen) atoms. The van der Waals surface area contributed by atoms with E-state index >= 15 is 0 Å². The van der Waals surface area contributed by atoms with E-state index in [0.717, 1.165) is 11.1 Å². The van der Waals surface area contributed by atoms with Crippen LogP contribution in [0.5, 0.6) is 0 Å². The molecule has 5 nitrogen and oxygen atoms in total. The van der Waals surface area contributed by atoms with E-state index in [-0.39, 0.29) is 18.1 Å². The lowest BCUT2D eigenvalue weighted by molar-refractivity contribution is -0.114. The van der Waals surface area contributed by atoms with Crippen molar-refractivity contribution in [2.24, 2.45) is 0 Å². The first kappa shape index (κ1) is 15.7. The summed E-state index contributed by atoms with van der Waals surface area (Å²) in [5, 5.41) is 0. The molecule has 0 aliphatic carbocycles. The lowest BCUT2D eigenvalue weighted by Crippen LogP contribution is -2.31. The Morgan fingerprint density at radius 3 is 2.43 bits per heavy atom. The number of fused-ring (bicyclic) bond motifs is 1. The number of carbonyl (C=O) groups is 2. The van der Waals surface area contributed by atoms with Crippen LogP contribution in [0.25, 0.3) is 0 Å². The number of rotatable bonds is 5. The zero-order valence-electron chi connectivity index (χ0n) is 12.5. The van der Waals surface area contributed by atoms with Crippen LogP contribution < -0.4 is 4.90 Å². The molecule has 2 rings (SSSR count). The van der Waals surface area contributed by atoms with Gasteiger partial charge in [-0.1, -0.05) is 13.0 Å². The number of anilines is 1. The van der Waals surface area contributed by atoms with E-state index in [2.05, 4.69) is 0 Å². The zero-order valence-corrected chi connectivity index (χ0v) is 13.3. The quantitative estimate of drug-likeness (QED) is 0.776. The molecule has 1 aromatic carbocycles. The summed E-state index contributed by atoms with van der Waals surface area (Å²) in [4.78, 5) is 25.5. The summed E-state index contributed by atoms with van der Waals surface area (Å²) >= 11 is 0. The number of nitrogens with zero attached hydrogens (tertiary/aromatic N) is 1. The molecule has 6 heteroatoms. The molecule has 0 radical (unpaired) electrons. The van der Waals surface area contributed by atoms with Crippen LogP contribution in [0.2, 0.25) is 0 Å². The zero-order chi connectivity index (χ0) is 15.8. The highest BCUT2D eigenvalue weighted by Crippen LogP contribution is 2.32. The Morgan fingerprint density at radius 1 is 1.14 bits per heavy atom. The van der Waals surface area contributed by atoms with Crippen molar-refractivity contribution in [1.29, 1.82) is 0 Å². The smallest absolute Gasteiger partial charge is 0.299 e. The van der Waals surface area contributed by atoms with Crippen molar-refractivity contribution in [3.8, 4) is 0 Å². The minimum absolute atomic E-state index is 0.0294. The van der Waals surface area contributed by atoms with Crippen LogP contribution >= 0.6 is 0 Å². The van der Waals surface area contributed by atoms with Crippen LogP contribution in [0.3, 0.4) is 0 Å². The summed E-state index contributed by atoms with van der Waals surface area (Å²) in [5.41, 5.74) is 2.81. The topological polar surface area (TPSA) is 71.5 Å². The van der Waals surface area contributed by atoms with Crippen molar-refractivity contribution >= 4 is 27.2 Å². The van der Waals surface area contributed by atoms with Gasteiger partial charge in [0.1, 0.15) is 9.84 Å². The first-order chi connectivity index (χ1) is 9.76. The standard InChI is InChI=1S/C15H19NO4S/c1-4-21(19,20)7-5-6-16-12-9-10(2)8-11(3)13(12)14(17)15(16)18/h8-9H,4-7H2,1-3H3. The molecular formula is C15H19NO4S. The van der Waals surface area contributed by atoms with Gasteiger partial charge in [-0.05, 0) is 37.5 Å². The summed E-state index contributed by atoms with van der Waals surface area (Å²) in [6.45, 7) is 5.56. The molecule has 1 heterocycles. The second-order valence-electron chi connectivity index (χ2n) is 5.35. The molecule has 0 aromatic heterocycles. The van der Waals surface area contributed by atoms with E-state index in [1.807, 2.05) is 19.9 Å². The predicted octanol–water partition coefficient (Wildman–Crippen LogP) is 1.66. The third-order valence-electron chi connectivity index (χ3n) is 3.69. The lowest BCUT2D eigenvalue weighted by atomic mass is 10.0. The highest BCUT2D eigenvalue weighted by atomic mass is 32.2. The van der Waals surface area contributed by atoms with Crippen LogP contribution in [0, 0.1) is 13.8 Å². The molecule has 114 valence electrons. The van der Waals surface area contributed by atoms with Crippen molar-refractivity contribution < 1.29 is 18.0 Å². The first-order valence-electron chi connectivity index (χ1n) is 6.94. The Bertz CT molecular complexity index is 707. The Labute approximate surface area is 124 Å². The van der Waals surface area contributed by atoms with E-state index in [1.54, 1.807) is 13.0 Å². The average molecular weight is 309 g/mol. The first-order valence-corrected chi connectivity index (χ1v) is 8.77. The Morgan fingerprint density at radius 2 is 1.81 bits per heavy atom. The SMILES string of the molecule is CCS(=O)(=O)CCCN1C(=O)C(=O)c2c(C)cc(C)cc21. The van der Waals surface area contributed by atoms with Crippen molar-refractivity contribution in [3.05, 3.63) is 28.8 Å². The summed E-state index contributed by atoms with van der Waals surface area (Å²) in [5.74, 6) is -0.940. The molecule has 0 saturated carbocycles. The summed E-state index contributed by atoms with van der Waals surface area (Å²) in [6, 6.07) is 3.68. The number of amides is 1. The molecule has 1 amide bonds. The number of aryl methyl sites for hydroxylation is 2. The predicted molar refractivity (Wildman–Crippen MR) is 81.5 cm³/mol. The van der Waals surface area contributed by atoms with Gasteiger partial charge in [0, 0.05) is 12.3 Å². The van der Waals surface area contributed by atoms with Gasteiger partial charge in [0.15, 0.2) is 0 Å². The fourth-order valence-electron chi connectivity index (χ4n) is 2.60. The Kier molecular flexibility index (Phi) is 4.18. The van der Waals surface area contributed by atoms with E-state index < -0.39 is 21.5 Å². The molecule has 0 atom stereocenters. The van der Waals surface area contributed by atoms with Crippen LogP contribution in [-0.4, -0.2) is 38.2 Å². The maximum Gasteiger partial charge on any atom is 0.299 e. The summed E-state index contributed by atoms with van der Waals surface area (Å²) < 4.78 is 23.0. The largest absolute Gasteiger partial charge is 0.305 e. The third-order valence-corrected chi connectivity index (χ3v) is 5.48. The fourth-order valence-corrected chi connectivity index (χ4v) is 3.46. The second kappa shape index (κ2) is 5.60. The van der Waals surface area contributed by atoms with Gasteiger partial charge < -0.3 is 4.90 Å². The minimum Gasteiger partial charge on any atom is -0.305 e. The number of benzene rings is 1. The van der Waals surface area contributed by atoms with Gasteiger partial charge in [0.2, 0.25) is 0 Å². The number of ketones is 1. The van der Waals surface area contributed by atoms with Crippen LogP contribution in [0.1, 0.15) is 34.8 Å². The second-order valence-corrected chi connectivity index (χ2v) is 7.82. The molecule has 0 N–H and O–H groups in total. The van der Waals surface area contributed by atoms with Gasteiger partial charge in [-0.15, -0.1) is 0 Å². The van der Waals surface area contributed by atoms with E-state index in [4.69, 9.17) is 0 Å². The van der Waals surface area contributed by atoms with Gasteiger partial charge in [0.25, 0.3) is 11.7 Å².